The van der Waals surface area contributed by atoms with Crippen molar-refractivity contribution in [3.63, 3.8) is 0 Å². The van der Waals surface area contributed by atoms with Crippen LogP contribution in [0.2, 0.25) is 0 Å². The second-order valence-electron chi connectivity index (χ2n) is 14.5. The van der Waals surface area contributed by atoms with Crippen LogP contribution >= 0.6 is 11.3 Å². The zero-order chi connectivity index (χ0) is 38.2. The summed E-state index contributed by atoms with van der Waals surface area (Å²) in [6, 6.07) is 63.2. The van der Waals surface area contributed by atoms with Crippen molar-refractivity contribution in [1.82, 2.24) is 19.9 Å². The molecule has 0 aliphatic rings. The van der Waals surface area contributed by atoms with Crippen molar-refractivity contribution in [2.75, 3.05) is 0 Å². The van der Waals surface area contributed by atoms with Gasteiger partial charge < -0.3 is 4.42 Å². The monoisotopic (exact) mass is 758 g/mol. The van der Waals surface area contributed by atoms with Crippen LogP contribution in [-0.2, 0) is 0 Å². The van der Waals surface area contributed by atoms with E-state index in [2.05, 4.69) is 121 Å². The van der Waals surface area contributed by atoms with Crippen molar-refractivity contribution in [1.29, 1.82) is 0 Å². The third-order valence-electron chi connectivity index (χ3n) is 11.1. The summed E-state index contributed by atoms with van der Waals surface area (Å²) >= 11 is 1.85. The fourth-order valence-corrected chi connectivity index (χ4v) is 9.53. The lowest BCUT2D eigenvalue weighted by atomic mass is 9.94. The molecule has 4 heterocycles. The normalized spacial score (nSPS) is 11.8. The number of rotatable bonds is 5. The van der Waals surface area contributed by atoms with Crippen LogP contribution in [0.1, 0.15) is 0 Å². The standard InChI is InChI=1S/C52H30N4OS/c1-3-12-32(13-4-1)49-38-27-29-45-48(37-17-8-10-21-44(37)58-45)47(38)40-30-35(26-28-41(40)53-49)31-22-24-34(25-23-31)51-54-50(33-14-5-2-6-15-33)55-52(56-51)39-18-11-20-43-46(39)36-16-7-9-19-42(36)57-43/h1-30H. The van der Waals surface area contributed by atoms with E-state index in [1.807, 2.05) is 72.0 Å². The molecule has 0 spiro atoms. The summed E-state index contributed by atoms with van der Waals surface area (Å²) in [5, 5.41) is 8.12. The van der Waals surface area contributed by atoms with E-state index in [9.17, 15) is 0 Å². The molecule has 0 fully saturated rings. The molecule has 0 radical (unpaired) electrons. The lowest BCUT2D eigenvalue weighted by molar-refractivity contribution is 0.669. The van der Waals surface area contributed by atoms with Crippen molar-refractivity contribution in [2.24, 2.45) is 0 Å². The van der Waals surface area contributed by atoms with Crippen LogP contribution in [0.4, 0.5) is 0 Å². The molecule has 0 unspecified atom stereocenters. The summed E-state index contributed by atoms with van der Waals surface area (Å²) < 4.78 is 8.80. The van der Waals surface area contributed by atoms with Gasteiger partial charge in [-0.15, -0.1) is 11.3 Å². The van der Waals surface area contributed by atoms with Crippen molar-refractivity contribution >= 4 is 75.1 Å². The number of furan rings is 1. The summed E-state index contributed by atoms with van der Waals surface area (Å²) in [4.78, 5) is 20.5. The molecule has 0 saturated heterocycles. The molecule has 0 aliphatic carbocycles. The molecule has 6 heteroatoms. The maximum Gasteiger partial charge on any atom is 0.164 e. The van der Waals surface area contributed by atoms with Crippen LogP contribution in [0.3, 0.4) is 0 Å². The van der Waals surface area contributed by atoms with E-state index in [0.717, 1.165) is 77.3 Å². The van der Waals surface area contributed by atoms with Gasteiger partial charge in [0.1, 0.15) is 11.2 Å². The van der Waals surface area contributed by atoms with Crippen molar-refractivity contribution in [3.05, 3.63) is 182 Å². The molecule has 5 nitrogen and oxygen atoms in total. The Morgan fingerprint density at radius 2 is 0.983 bits per heavy atom. The first-order valence-electron chi connectivity index (χ1n) is 19.3. The fraction of sp³-hybridized carbons (Fsp3) is 0. The van der Waals surface area contributed by atoms with Crippen LogP contribution in [-0.4, -0.2) is 19.9 Å². The quantitative estimate of drug-likeness (QED) is 0.164. The third kappa shape index (κ3) is 5.23. The Labute approximate surface area is 336 Å². The van der Waals surface area contributed by atoms with Gasteiger partial charge in [0.25, 0.3) is 0 Å². The minimum absolute atomic E-state index is 0.598. The van der Waals surface area contributed by atoms with Crippen molar-refractivity contribution in [3.8, 4) is 56.5 Å². The van der Waals surface area contributed by atoms with Crippen LogP contribution < -0.4 is 0 Å². The highest BCUT2D eigenvalue weighted by Gasteiger charge is 2.19. The first kappa shape index (κ1) is 32.7. The molecule has 0 bridgehead atoms. The second kappa shape index (κ2) is 13.0. The molecule has 0 amide bonds. The Morgan fingerprint density at radius 3 is 1.79 bits per heavy atom. The molecule has 0 aliphatic heterocycles. The van der Waals surface area contributed by atoms with E-state index < -0.39 is 0 Å². The van der Waals surface area contributed by atoms with Crippen LogP contribution in [0.5, 0.6) is 0 Å². The highest BCUT2D eigenvalue weighted by Crippen LogP contribution is 2.44. The Morgan fingerprint density at radius 1 is 0.345 bits per heavy atom. The summed E-state index contributed by atoms with van der Waals surface area (Å²) in [7, 11) is 0. The highest BCUT2D eigenvalue weighted by molar-refractivity contribution is 7.26. The van der Waals surface area contributed by atoms with Gasteiger partial charge in [-0.1, -0.05) is 146 Å². The smallest absolute Gasteiger partial charge is 0.164 e. The van der Waals surface area contributed by atoms with Crippen molar-refractivity contribution in [2.45, 2.75) is 0 Å². The number of benzene rings is 8. The predicted molar refractivity (Wildman–Crippen MR) is 240 cm³/mol. The Balaban J connectivity index is 1.02. The molecule has 270 valence electrons. The molecular formula is C52H30N4OS. The molecule has 0 N–H and O–H groups in total. The molecular weight excluding hydrogens is 729 g/mol. The Hall–Kier alpha value is -7.54. The minimum atomic E-state index is 0.598. The first-order chi connectivity index (χ1) is 28.7. The largest absolute Gasteiger partial charge is 0.456 e. The summed E-state index contributed by atoms with van der Waals surface area (Å²) in [6.07, 6.45) is 0. The minimum Gasteiger partial charge on any atom is -0.456 e. The summed E-state index contributed by atoms with van der Waals surface area (Å²) in [6.45, 7) is 0. The Bertz CT molecular complexity index is 3560. The maximum atomic E-state index is 6.24. The number of hydrogen-bond acceptors (Lipinski definition) is 6. The van der Waals surface area contributed by atoms with E-state index >= 15 is 0 Å². The third-order valence-corrected chi connectivity index (χ3v) is 12.3. The zero-order valence-electron chi connectivity index (χ0n) is 30.9. The molecule has 8 aromatic carbocycles. The topological polar surface area (TPSA) is 64.7 Å². The van der Waals surface area contributed by atoms with Gasteiger partial charge in [0.2, 0.25) is 0 Å². The number of thiophene rings is 1. The highest BCUT2D eigenvalue weighted by atomic mass is 32.1. The van der Waals surface area contributed by atoms with Gasteiger partial charge in [-0.25, -0.2) is 19.9 Å². The van der Waals surface area contributed by atoms with Gasteiger partial charge in [-0.2, -0.15) is 0 Å². The van der Waals surface area contributed by atoms with E-state index in [1.165, 1.54) is 25.6 Å². The van der Waals surface area contributed by atoms with Crippen molar-refractivity contribution < 1.29 is 4.42 Å². The molecule has 0 saturated carbocycles. The van der Waals surface area contributed by atoms with Gasteiger partial charge in [-0.3, -0.25) is 0 Å². The number of hydrogen-bond donors (Lipinski definition) is 0. The maximum absolute atomic E-state index is 6.24. The first-order valence-corrected chi connectivity index (χ1v) is 20.1. The fourth-order valence-electron chi connectivity index (χ4n) is 8.42. The van der Waals surface area contributed by atoms with Gasteiger partial charge in [0, 0.05) is 69.4 Å². The summed E-state index contributed by atoms with van der Waals surface area (Å²) in [5.74, 6) is 1.82. The molecule has 12 aromatic rings. The number of nitrogens with zero attached hydrogens (tertiary/aromatic N) is 4. The van der Waals surface area contributed by atoms with Gasteiger partial charge in [0.15, 0.2) is 17.5 Å². The zero-order valence-corrected chi connectivity index (χ0v) is 31.7. The van der Waals surface area contributed by atoms with Gasteiger partial charge in [0.05, 0.1) is 11.2 Å². The molecule has 58 heavy (non-hydrogen) atoms. The predicted octanol–water partition coefficient (Wildman–Crippen LogP) is 14.2. The number of para-hydroxylation sites is 1. The SMILES string of the molecule is c1ccc(-c2nc(-c3ccc(-c4ccc5nc(-c6ccccc6)c6ccc7sc8ccccc8c7c6c5c4)cc3)nc(-c3cccc4oc5ccccc5c34)n2)cc1. The molecule has 4 aromatic heterocycles. The number of fused-ring (bicyclic) bond motifs is 10. The number of pyridine rings is 1. The second-order valence-corrected chi connectivity index (χ2v) is 15.6. The van der Waals surface area contributed by atoms with Crippen LogP contribution in [0.15, 0.2) is 186 Å². The lowest BCUT2D eigenvalue weighted by Gasteiger charge is -2.13. The van der Waals surface area contributed by atoms with E-state index in [-0.39, 0.29) is 0 Å². The van der Waals surface area contributed by atoms with Gasteiger partial charge >= 0.3 is 0 Å². The van der Waals surface area contributed by atoms with E-state index in [1.54, 1.807) is 0 Å². The number of aromatic nitrogens is 4. The van der Waals surface area contributed by atoms with E-state index in [4.69, 9.17) is 24.4 Å². The van der Waals surface area contributed by atoms with E-state index in [0.29, 0.717) is 17.5 Å². The lowest BCUT2D eigenvalue weighted by Crippen LogP contribution is -2.00. The Kier molecular flexibility index (Phi) is 7.33. The average Bonchev–Trinajstić information content (AvgIpc) is 3.88. The van der Waals surface area contributed by atoms with Crippen LogP contribution in [0.25, 0.3) is 120 Å². The van der Waals surface area contributed by atoms with Gasteiger partial charge in [-0.05, 0) is 47.5 Å². The van der Waals surface area contributed by atoms with Crippen LogP contribution in [0, 0.1) is 0 Å². The summed E-state index contributed by atoms with van der Waals surface area (Å²) in [5.41, 5.74) is 9.66. The molecule has 0 atom stereocenters. The average molecular weight is 759 g/mol. The molecule has 12 rings (SSSR count).